The van der Waals surface area contributed by atoms with Crippen LogP contribution >= 0.6 is 23.4 Å². The number of ether oxygens (including phenoxy) is 1. The summed E-state index contributed by atoms with van der Waals surface area (Å²) in [4.78, 5) is 28.1. The topological polar surface area (TPSA) is 58.6 Å². The Hall–Kier alpha value is -2.96. The van der Waals surface area contributed by atoms with Crippen molar-refractivity contribution in [2.24, 2.45) is 0 Å². The third-order valence-corrected chi connectivity index (χ3v) is 6.61. The summed E-state index contributed by atoms with van der Waals surface area (Å²) in [5.41, 5.74) is 2.94. The van der Waals surface area contributed by atoms with E-state index in [-0.39, 0.29) is 17.6 Å². The number of likely N-dealkylation sites (N-methyl/N-ethyl adjacent to an activating group) is 1. The molecular weight excluding hydrogens is 468 g/mol. The van der Waals surface area contributed by atoms with Gasteiger partial charge in [-0.1, -0.05) is 66.2 Å². The summed E-state index contributed by atoms with van der Waals surface area (Å²) < 4.78 is 5.35. The van der Waals surface area contributed by atoms with Gasteiger partial charge in [-0.2, -0.15) is 0 Å². The van der Waals surface area contributed by atoms with E-state index < -0.39 is 6.04 Å². The van der Waals surface area contributed by atoms with Gasteiger partial charge in [-0.05, 0) is 41.0 Å². The van der Waals surface area contributed by atoms with E-state index in [4.69, 9.17) is 16.3 Å². The van der Waals surface area contributed by atoms with Crippen molar-refractivity contribution in [2.75, 3.05) is 19.9 Å². The van der Waals surface area contributed by atoms with Gasteiger partial charge in [-0.25, -0.2) is 0 Å². The molecule has 5 nitrogen and oxygen atoms in total. The molecule has 0 radical (unpaired) electrons. The van der Waals surface area contributed by atoms with Crippen LogP contribution in [0.25, 0.3) is 0 Å². The largest absolute Gasteiger partial charge is 0.497 e. The first kappa shape index (κ1) is 25.7. The Bertz CT molecular complexity index is 1090. The van der Waals surface area contributed by atoms with Gasteiger partial charge < -0.3 is 15.0 Å². The number of amides is 2. The molecule has 3 aromatic carbocycles. The molecule has 0 saturated carbocycles. The third-order valence-electron chi connectivity index (χ3n) is 5.39. The van der Waals surface area contributed by atoms with E-state index in [1.807, 2.05) is 78.9 Å². The second-order valence-corrected chi connectivity index (χ2v) is 9.24. The fourth-order valence-corrected chi connectivity index (χ4v) is 4.72. The highest BCUT2D eigenvalue weighted by atomic mass is 35.5. The van der Waals surface area contributed by atoms with Gasteiger partial charge in [0.15, 0.2) is 0 Å². The minimum Gasteiger partial charge on any atom is -0.497 e. The van der Waals surface area contributed by atoms with Crippen molar-refractivity contribution in [2.45, 2.75) is 24.8 Å². The summed E-state index contributed by atoms with van der Waals surface area (Å²) in [6.07, 6.45) is 0.426. The molecule has 1 unspecified atom stereocenters. The van der Waals surface area contributed by atoms with Crippen LogP contribution in [-0.4, -0.2) is 42.7 Å². The zero-order valence-corrected chi connectivity index (χ0v) is 20.9. The van der Waals surface area contributed by atoms with Crippen LogP contribution in [0.15, 0.2) is 78.9 Å². The highest BCUT2D eigenvalue weighted by molar-refractivity contribution is 7.99. The lowest BCUT2D eigenvalue weighted by Gasteiger charge is -2.31. The average Bonchev–Trinajstić information content (AvgIpc) is 2.86. The molecule has 1 N–H and O–H groups in total. The Kier molecular flexibility index (Phi) is 9.86. The number of hydrogen-bond acceptors (Lipinski definition) is 4. The number of hydrogen-bond donors (Lipinski definition) is 1. The quantitative estimate of drug-likeness (QED) is 0.407. The number of nitrogens with one attached hydrogen (secondary N) is 1. The molecule has 178 valence electrons. The zero-order chi connectivity index (χ0) is 24.3. The van der Waals surface area contributed by atoms with E-state index in [1.54, 1.807) is 19.1 Å². The normalized spacial score (nSPS) is 11.5. The van der Waals surface area contributed by atoms with Crippen molar-refractivity contribution in [1.29, 1.82) is 0 Å². The number of benzene rings is 3. The van der Waals surface area contributed by atoms with Crippen LogP contribution in [0.2, 0.25) is 5.02 Å². The fourth-order valence-electron chi connectivity index (χ4n) is 3.65. The lowest BCUT2D eigenvalue weighted by Crippen LogP contribution is -2.50. The SMILES string of the molecule is CNC(=O)C(Cc1ccccc1)N(Cc1cccc(OC)c1)C(=O)CSCc1cccc(Cl)c1. The third kappa shape index (κ3) is 7.54. The highest BCUT2D eigenvalue weighted by Crippen LogP contribution is 2.21. The second-order valence-electron chi connectivity index (χ2n) is 7.82. The summed E-state index contributed by atoms with van der Waals surface area (Å²) in [5.74, 6) is 1.32. The maximum Gasteiger partial charge on any atom is 0.242 e. The number of nitrogens with zero attached hydrogens (tertiary/aromatic N) is 1. The molecule has 3 rings (SSSR count). The first-order valence-electron chi connectivity index (χ1n) is 11.0. The lowest BCUT2D eigenvalue weighted by molar-refractivity contribution is -0.139. The van der Waals surface area contributed by atoms with Gasteiger partial charge in [-0.15, -0.1) is 11.8 Å². The van der Waals surface area contributed by atoms with Crippen LogP contribution < -0.4 is 10.1 Å². The van der Waals surface area contributed by atoms with Crippen molar-refractivity contribution >= 4 is 35.2 Å². The van der Waals surface area contributed by atoms with E-state index >= 15 is 0 Å². The van der Waals surface area contributed by atoms with Gasteiger partial charge in [0.25, 0.3) is 0 Å². The Morgan fingerprint density at radius 1 is 0.971 bits per heavy atom. The first-order chi connectivity index (χ1) is 16.5. The molecular formula is C27H29ClN2O3S. The summed E-state index contributed by atoms with van der Waals surface area (Å²) in [6.45, 7) is 0.304. The van der Waals surface area contributed by atoms with Crippen molar-refractivity contribution < 1.29 is 14.3 Å². The van der Waals surface area contributed by atoms with Gasteiger partial charge in [0.1, 0.15) is 11.8 Å². The number of halogens is 1. The molecule has 0 bridgehead atoms. The lowest BCUT2D eigenvalue weighted by atomic mass is 10.0. The molecule has 34 heavy (non-hydrogen) atoms. The van der Waals surface area contributed by atoms with Crippen LogP contribution in [0.3, 0.4) is 0 Å². The predicted molar refractivity (Wildman–Crippen MR) is 139 cm³/mol. The number of rotatable bonds is 11. The smallest absolute Gasteiger partial charge is 0.242 e. The summed E-state index contributed by atoms with van der Waals surface area (Å²) >= 11 is 7.59. The molecule has 0 aliphatic carbocycles. The van der Waals surface area contributed by atoms with Gasteiger partial charge in [0.2, 0.25) is 11.8 Å². The molecule has 1 atom stereocenters. The van der Waals surface area contributed by atoms with E-state index in [1.165, 1.54) is 11.8 Å². The predicted octanol–water partition coefficient (Wildman–Crippen LogP) is 4.97. The number of thioether (sulfide) groups is 1. The van der Waals surface area contributed by atoms with Gasteiger partial charge in [0, 0.05) is 30.8 Å². The molecule has 0 aliphatic rings. The first-order valence-corrected chi connectivity index (χ1v) is 12.5. The van der Waals surface area contributed by atoms with Crippen molar-refractivity contribution in [1.82, 2.24) is 10.2 Å². The van der Waals surface area contributed by atoms with Crippen LogP contribution in [0.4, 0.5) is 0 Å². The van der Waals surface area contributed by atoms with E-state index in [9.17, 15) is 9.59 Å². The Balaban J connectivity index is 1.82. The minimum atomic E-state index is -0.641. The van der Waals surface area contributed by atoms with Crippen LogP contribution in [0.5, 0.6) is 5.75 Å². The summed E-state index contributed by atoms with van der Waals surface area (Å²) in [5, 5.41) is 3.41. The van der Waals surface area contributed by atoms with E-state index in [2.05, 4.69) is 5.32 Å². The molecule has 3 aromatic rings. The van der Waals surface area contributed by atoms with Gasteiger partial charge in [-0.3, -0.25) is 9.59 Å². The standard InChI is InChI=1S/C27H29ClN2O3S/c1-29-27(32)25(16-20-8-4-3-5-9-20)30(17-21-10-7-13-24(15-21)33-2)26(31)19-34-18-22-11-6-12-23(28)14-22/h3-15,25H,16-19H2,1-2H3,(H,29,32). The summed E-state index contributed by atoms with van der Waals surface area (Å²) in [7, 11) is 3.21. The maximum absolute atomic E-state index is 13.5. The number of carbonyl (C=O) groups is 2. The number of methoxy groups -OCH3 is 1. The minimum absolute atomic E-state index is 0.0978. The van der Waals surface area contributed by atoms with Crippen molar-refractivity contribution in [3.05, 3.63) is 101 Å². The van der Waals surface area contributed by atoms with Crippen LogP contribution in [-0.2, 0) is 28.3 Å². The molecule has 0 aliphatic heterocycles. The Morgan fingerprint density at radius 2 is 1.68 bits per heavy atom. The van der Waals surface area contributed by atoms with Gasteiger partial charge in [0.05, 0.1) is 12.9 Å². The number of carbonyl (C=O) groups excluding carboxylic acids is 2. The maximum atomic E-state index is 13.5. The van der Waals surface area contributed by atoms with Crippen LogP contribution in [0, 0.1) is 0 Å². The summed E-state index contributed by atoms with van der Waals surface area (Å²) in [6, 6.07) is 24.3. The Morgan fingerprint density at radius 3 is 2.38 bits per heavy atom. The van der Waals surface area contributed by atoms with E-state index in [0.29, 0.717) is 29.5 Å². The fraction of sp³-hybridized carbons (Fsp3) is 0.259. The molecule has 0 heterocycles. The monoisotopic (exact) mass is 496 g/mol. The van der Waals surface area contributed by atoms with Crippen molar-refractivity contribution in [3.8, 4) is 5.75 Å². The molecule has 0 saturated heterocycles. The molecule has 0 aromatic heterocycles. The molecule has 0 spiro atoms. The highest BCUT2D eigenvalue weighted by Gasteiger charge is 2.29. The molecule has 2 amide bonds. The van der Waals surface area contributed by atoms with Crippen LogP contribution in [0.1, 0.15) is 16.7 Å². The van der Waals surface area contributed by atoms with Gasteiger partial charge >= 0.3 is 0 Å². The molecule has 0 fully saturated rings. The van der Waals surface area contributed by atoms with Crippen molar-refractivity contribution in [3.63, 3.8) is 0 Å². The van der Waals surface area contributed by atoms with E-state index in [0.717, 1.165) is 16.7 Å². The Labute approximate surface area is 210 Å². The average molecular weight is 497 g/mol. The zero-order valence-electron chi connectivity index (χ0n) is 19.4. The second kappa shape index (κ2) is 13.1. The molecule has 7 heteroatoms.